The molecule has 0 aliphatic heterocycles. The van der Waals surface area contributed by atoms with Gasteiger partial charge in [-0.05, 0) is 26.7 Å². The maximum absolute atomic E-state index is 5.86. The average molecular weight is 252 g/mol. The zero-order valence-electron chi connectivity index (χ0n) is 11.7. The second-order valence-corrected chi connectivity index (χ2v) is 4.72. The molecular weight excluding hydrogens is 228 g/mol. The van der Waals surface area contributed by atoms with E-state index in [0.29, 0.717) is 12.4 Å². The molecule has 1 heterocycles. The topological polar surface area (TPSA) is 73.1 Å². The van der Waals surface area contributed by atoms with E-state index >= 15 is 0 Å². The Bertz CT molecular complexity index is 355. The number of ether oxygens (including phenoxy) is 1. The standard InChI is InChI=1S/C13H24N4O/c1-5-13(6-2,8-14)17-11-7-12(16-9-15-11)18-10(3)4/h7,9-10H,5-6,8,14H2,1-4H3,(H,15,16,17). The van der Waals surface area contributed by atoms with Crippen LogP contribution in [0.3, 0.4) is 0 Å². The lowest BCUT2D eigenvalue weighted by Crippen LogP contribution is -2.44. The van der Waals surface area contributed by atoms with Crippen molar-refractivity contribution in [2.45, 2.75) is 52.2 Å². The van der Waals surface area contributed by atoms with Gasteiger partial charge in [-0.1, -0.05) is 13.8 Å². The highest BCUT2D eigenvalue weighted by molar-refractivity contribution is 5.40. The Morgan fingerprint density at radius 2 is 2.00 bits per heavy atom. The lowest BCUT2D eigenvalue weighted by molar-refractivity contribution is 0.232. The first-order valence-corrected chi connectivity index (χ1v) is 6.52. The van der Waals surface area contributed by atoms with Gasteiger partial charge in [0.1, 0.15) is 12.1 Å². The van der Waals surface area contributed by atoms with Crippen molar-refractivity contribution in [2.75, 3.05) is 11.9 Å². The molecular formula is C13H24N4O. The first-order chi connectivity index (χ1) is 8.55. The van der Waals surface area contributed by atoms with Gasteiger partial charge in [0, 0.05) is 12.6 Å². The van der Waals surface area contributed by atoms with Gasteiger partial charge >= 0.3 is 0 Å². The number of anilines is 1. The van der Waals surface area contributed by atoms with Crippen molar-refractivity contribution in [1.29, 1.82) is 0 Å². The molecule has 0 unspecified atom stereocenters. The summed E-state index contributed by atoms with van der Waals surface area (Å²) in [6.07, 6.45) is 3.51. The van der Waals surface area contributed by atoms with Gasteiger partial charge in [0.05, 0.1) is 11.6 Å². The van der Waals surface area contributed by atoms with E-state index in [0.717, 1.165) is 18.7 Å². The van der Waals surface area contributed by atoms with Crippen LogP contribution in [0.2, 0.25) is 0 Å². The van der Waals surface area contributed by atoms with E-state index in [2.05, 4.69) is 29.1 Å². The summed E-state index contributed by atoms with van der Waals surface area (Å²) >= 11 is 0. The first kappa shape index (κ1) is 14.7. The molecule has 1 rings (SSSR count). The number of nitrogens with zero attached hydrogens (tertiary/aromatic N) is 2. The quantitative estimate of drug-likeness (QED) is 0.778. The number of hydrogen-bond acceptors (Lipinski definition) is 5. The molecule has 0 amide bonds. The molecule has 0 aliphatic rings. The molecule has 1 aromatic heterocycles. The molecule has 102 valence electrons. The van der Waals surface area contributed by atoms with Crippen molar-refractivity contribution in [3.05, 3.63) is 12.4 Å². The monoisotopic (exact) mass is 252 g/mol. The van der Waals surface area contributed by atoms with Crippen LogP contribution in [-0.4, -0.2) is 28.2 Å². The summed E-state index contributed by atoms with van der Waals surface area (Å²) in [7, 11) is 0. The van der Waals surface area contributed by atoms with Gasteiger partial charge in [0.15, 0.2) is 0 Å². The smallest absolute Gasteiger partial charge is 0.218 e. The summed E-state index contributed by atoms with van der Waals surface area (Å²) in [5.74, 6) is 1.34. The van der Waals surface area contributed by atoms with Crippen LogP contribution >= 0.6 is 0 Å². The fraction of sp³-hybridized carbons (Fsp3) is 0.692. The predicted octanol–water partition coefficient (Wildman–Crippen LogP) is 2.19. The van der Waals surface area contributed by atoms with E-state index in [-0.39, 0.29) is 11.6 Å². The van der Waals surface area contributed by atoms with Crippen molar-refractivity contribution in [3.8, 4) is 5.88 Å². The largest absolute Gasteiger partial charge is 0.475 e. The van der Waals surface area contributed by atoms with Gasteiger partial charge < -0.3 is 15.8 Å². The third-order valence-electron chi connectivity index (χ3n) is 3.14. The molecule has 0 aliphatic carbocycles. The molecule has 0 aromatic carbocycles. The summed E-state index contributed by atoms with van der Waals surface area (Å²) in [6.45, 7) is 8.76. The minimum absolute atomic E-state index is 0.101. The molecule has 0 spiro atoms. The highest BCUT2D eigenvalue weighted by atomic mass is 16.5. The Hall–Kier alpha value is -1.36. The summed E-state index contributed by atoms with van der Waals surface area (Å²) < 4.78 is 5.55. The second kappa shape index (κ2) is 6.54. The maximum atomic E-state index is 5.86. The zero-order chi connectivity index (χ0) is 13.6. The average Bonchev–Trinajstić information content (AvgIpc) is 2.36. The molecule has 5 nitrogen and oxygen atoms in total. The van der Waals surface area contributed by atoms with E-state index in [1.807, 2.05) is 19.9 Å². The van der Waals surface area contributed by atoms with Crippen LogP contribution in [0.25, 0.3) is 0 Å². The minimum atomic E-state index is -0.108. The Labute approximate surface area is 109 Å². The zero-order valence-corrected chi connectivity index (χ0v) is 11.7. The van der Waals surface area contributed by atoms with E-state index in [1.54, 1.807) is 0 Å². The van der Waals surface area contributed by atoms with E-state index in [4.69, 9.17) is 10.5 Å². The third kappa shape index (κ3) is 3.84. The normalized spacial score (nSPS) is 11.7. The minimum Gasteiger partial charge on any atom is -0.475 e. The molecule has 0 saturated carbocycles. The number of aromatic nitrogens is 2. The molecule has 5 heteroatoms. The Balaban J connectivity index is 2.83. The summed E-state index contributed by atoms with van der Waals surface area (Å²) in [4.78, 5) is 8.30. The fourth-order valence-electron chi connectivity index (χ4n) is 1.75. The van der Waals surface area contributed by atoms with Crippen molar-refractivity contribution in [2.24, 2.45) is 5.73 Å². The molecule has 0 bridgehead atoms. The van der Waals surface area contributed by atoms with Crippen LogP contribution in [0, 0.1) is 0 Å². The van der Waals surface area contributed by atoms with Crippen LogP contribution in [0.5, 0.6) is 5.88 Å². The highest BCUT2D eigenvalue weighted by Crippen LogP contribution is 2.21. The van der Waals surface area contributed by atoms with Crippen molar-refractivity contribution >= 4 is 5.82 Å². The highest BCUT2D eigenvalue weighted by Gasteiger charge is 2.24. The fourth-order valence-corrected chi connectivity index (χ4v) is 1.75. The van der Waals surface area contributed by atoms with Gasteiger partial charge in [-0.25, -0.2) is 9.97 Å². The van der Waals surface area contributed by atoms with Gasteiger partial charge in [-0.3, -0.25) is 0 Å². The van der Waals surface area contributed by atoms with Crippen molar-refractivity contribution < 1.29 is 4.74 Å². The Morgan fingerprint density at radius 1 is 1.33 bits per heavy atom. The van der Waals surface area contributed by atoms with Gasteiger partial charge in [-0.2, -0.15) is 0 Å². The Kier molecular flexibility index (Phi) is 5.34. The van der Waals surface area contributed by atoms with E-state index in [9.17, 15) is 0 Å². The van der Waals surface area contributed by atoms with Gasteiger partial charge in [0.25, 0.3) is 0 Å². The Morgan fingerprint density at radius 3 is 2.50 bits per heavy atom. The molecule has 0 fully saturated rings. The second-order valence-electron chi connectivity index (χ2n) is 4.72. The SMILES string of the molecule is CCC(CC)(CN)Nc1cc(OC(C)C)ncn1. The van der Waals surface area contributed by atoms with Crippen LogP contribution in [0.15, 0.2) is 12.4 Å². The van der Waals surface area contributed by atoms with E-state index < -0.39 is 0 Å². The number of rotatable bonds is 7. The third-order valence-corrected chi connectivity index (χ3v) is 3.14. The van der Waals surface area contributed by atoms with E-state index in [1.165, 1.54) is 6.33 Å². The van der Waals surface area contributed by atoms with Crippen LogP contribution < -0.4 is 15.8 Å². The lowest BCUT2D eigenvalue weighted by Gasteiger charge is -2.32. The summed E-state index contributed by atoms with van der Waals surface area (Å²) in [6, 6.07) is 1.82. The molecule has 0 atom stereocenters. The van der Waals surface area contributed by atoms with Crippen molar-refractivity contribution in [3.63, 3.8) is 0 Å². The van der Waals surface area contributed by atoms with Crippen LogP contribution in [0.1, 0.15) is 40.5 Å². The molecule has 18 heavy (non-hydrogen) atoms. The molecule has 1 aromatic rings. The first-order valence-electron chi connectivity index (χ1n) is 6.52. The van der Waals surface area contributed by atoms with Crippen LogP contribution in [-0.2, 0) is 0 Å². The molecule has 0 radical (unpaired) electrons. The van der Waals surface area contributed by atoms with Gasteiger partial charge in [-0.15, -0.1) is 0 Å². The van der Waals surface area contributed by atoms with Crippen molar-refractivity contribution in [1.82, 2.24) is 9.97 Å². The number of nitrogens with two attached hydrogens (primary N) is 1. The summed E-state index contributed by atoms with van der Waals surface area (Å²) in [5.41, 5.74) is 5.75. The maximum Gasteiger partial charge on any atom is 0.218 e. The molecule has 3 N–H and O–H groups in total. The number of hydrogen-bond donors (Lipinski definition) is 2. The van der Waals surface area contributed by atoms with Gasteiger partial charge in [0.2, 0.25) is 5.88 Å². The predicted molar refractivity (Wildman–Crippen MR) is 73.8 cm³/mol. The van der Waals surface area contributed by atoms with Crippen LogP contribution in [0.4, 0.5) is 5.82 Å². The lowest BCUT2D eigenvalue weighted by atomic mass is 9.93. The number of nitrogens with one attached hydrogen (secondary N) is 1. The summed E-state index contributed by atoms with van der Waals surface area (Å²) in [5, 5.41) is 3.40. The molecule has 0 saturated heterocycles.